The maximum absolute atomic E-state index is 13.3. The second-order valence-electron chi connectivity index (χ2n) is 8.10. The van der Waals surface area contributed by atoms with E-state index in [2.05, 4.69) is 24.1 Å². The molecule has 4 rings (SSSR count). The molecule has 2 saturated heterocycles. The Hall–Kier alpha value is -2.14. The van der Waals surface area contributed by atoms with Crippen LogP contribution in [0.25, 0.3) is 0 Å². The highest BCUT2D eigenvalue weighted by Gasteiger charge is 2.38. The first kappa shape index (κ1) is 29.1. The molecule has 196 valence electrons. The van der Waals surface area contributed by atoms with Crippen LogP contribution < -0.4 is 20.9 Å². The fraction of sp³-hybridized carbons (Fsp3) is 0.583. The molecule has 0 aromatic heterocycles. The summed E-state index contributed by atoms with van der Waals surface area (Å²) in [6.07, 6.45) is 3.21. The Labute approximate surface area is 212 Å². The molecule has 0 radical (unpaired) electrons. The highest BCUT2D eigenvalue weighted by atomic mass is 35.5. The second-order valence-corrected chi connectivity index (χ2v) is 10.4. The van der Waals surface area contributed by atoms with Crippen LogP contribution in [0.15, 0.2) is 26.6 Å². The number of rotatable bonds is 6. The van der Waals surface area contributed by atoms with E-state index in [9.17, 15) is 23.1 Å². The minimum atomic E-state index is -4.07. The largest absolute Gasteiger partial charge is 0.504 e. The van der Waals surface area contributed by atoms with Crippen molar-refractivity contribution in [2.45, 2.75) is 64.8 Å². The molecule has 2 aliphatic rings. The molecule has 0 spiro atoms. The number of anilines is 2. The predicted molar refractivity (Wildman–Crippen MR) is 140 cm³/mol. The third-order valence-corrected chi connectivity index (χ3v) is 8.01. The monoisotopic (exact) mass is 529 g/mol. The molecule has 0 bridgehead atoms. The van der Waals surface area contributed by atoms with Gasteiger partial charge in [-0.25, -0.2) is 8.42 Å². The van der Waals surface area contributed by atoms with E-state index < -0.39 is 31.5 Å². The molecule has 35 heavy (non-hydrogen) atoms. The molecule has 2 aromatic carbocycles. The Kier molecular flexibility index (Phi) is 10.6. The first-order chi connectivity index (χ1) is 16.7. The van der Waals surface area contributed by atoms with E-state index in [-0.39, 0.29) is 34.8 Å². The third-order valence-electron chi connectivity index (χ3n) is 5.65. The lowest BCUT2D eigenvalue weighted by molar-refractivity contribution is 0.158. The lowest BCUT2D eigenvalue weighted by atomic mass is 10.2. The van der Waals surface area contributed by atoms with E-state index >= 15 is 0 Å². The lowest BCUT2D eigenvalue weighted by Gasteiger charge is -2.36. The Morgan fingerprint density at radius 3 is 2.40 bits per heavy atom. The van der Waals surface area contributed by atoms with Gasteiger partial charge in [-0.3, -0.25) is 14.5 Å². The van der Waals surface area contributed by atoms with Gasteiger partial charge in [0.05, 0.1) is 17.3 Å². The summed E-state index contributed by atoms with van der Waals surface area (Å²) in [5.74, 6) is -0.745. The molecular formula is C24H36ClN3O6S. The van der Waals surface area contributed by atoms with Gasteiger partial charge in [0, 0.05) is 25.7 Å². The minimum Gasteiger partial charge on any atom is -0.504 e. The van der Waals surface area contributed by atoms with E-state index in [0.29, 0.717) is 19.6 Å². The van der Waals surface area contributed by atoms with Crippen molar-refractivity contribution in [1.29, 1.82) is 0 Å². The predicted octanol–water partition coefficient (Wildman–Crippen LogP) is 3.70. The van der Waals surface area contributed by atoms with Crippen molar-refractivity contribution in [2.75, 3.05) is 38.1 Å². The Bertz CT molecular complexity index is 1180. The van der Waals surface area contributed by atoms with Crippen LogP contribution >= 0.6 is 11.6 Å². The van der Waals surface area contributed by atoms with Gasteiger partial charge in [-0.1, -0.05) is 45.7 Å². The van der Waals surface area contributed by atoms with Crippen molar-refractivity contribution >= 4 is 33.0 Å². The summed E-state index contributed by atoms with van der Waals surface area (Å²) in [5.41, 5.74) is -1.74. The molecule has 2 heterocycles. The Morgan fingerprint density at radius 1 is 1.11 bits per heavy atom. The van der Waals surface area contributed by atoms with Gasteiger partial charge < -0.3 is 15.2 Å². The molecule has 2 N–H and O–H groups in total. The van der Waals surface area contributed by atoms with Crippen LogP contribution in [0.5, 0.6) is 11.5 Å². The van der Waals surface area contributed by atoms with Crippen molar-refractivity contribution in [1.82, 2.24) is 9.21 Å². The van der Waals surface area contributed by atoms with E-state index in [1.54, 1.807) is 6.92 Å². The molecule has 2 aromatic rings. The summed E-state index contributed by atoms with van der Waals surface area (Å²) >= 11 is 6.17. The molecular weight excluding hydrogens is 494 g/mol. The summed E-state index contributed by atoms with van der Waals surface area (Å²) in [7, 11) is -4.07. The number of nitrogens with zero attached hydrogens (tertiary/aromatic N) is 2. The van der Waals surface area contributed by atoms with E-state index in [1.807, 2.05) is 13.8 Å². The Balaban J connectivity index is 0.000000803. The van der Waals surface area contributed by atoms with Crippen molar-refractivity contribution < 1.29 is 18.3 Å². The third kappa shape index (κ3) is 5.99. The molecule has 1 unspecified atom stereocenters. The van der Waals surface area contributed by atoms with Crippen LogP contribution in [0.1, 0.15) is 53.9 Å². The SMILES string of the molecule is CC.CCC.CCOc1c(Nc2ccc(Cl)c(S(=O)(=O)N3CCN4CCCC4C3)c2O)c(=O)c1=O. The van der Waals surface area contributed by atoms with Crippen molar-refractivity contribution in [3.05, 3.63) is 37.6 Å². The van der Waals surface area contributed by atoms with Crippen molar-refractivity contribution in [3.8, 4) is 11.5 Å². The number of hydrogen-bond acceptors (Lipinski definition) is 8. The van der Waals surface area contributed by atoms with Crippen LogP contribution in [0.4, 0.5) is 11.4 Å². The Morgan fingerprint density at radius 2 is 1.77 bits per heavy atom. The zero-order valence-electron chi connectivity index (χ0n) is 21.1. The number of hydrogen-bond donors (Lipinski definition) is 2. The van der Waals surface area contributed by atoms with Crippen LogP contribution in [0.3, 0.4) is 0 Å². The molecule has 0 amide bonds. The lowest BCUT2D eigenvalue weighted by Crippen LogP contribution is -2.51. The zero-order valence-corrected chi connectivity index (χ0v) is 22.6. The number of nitrogens with one attached hydrogen (secondary N) is 1. The van der Waals surface area contributed by atoms with E-state index in [1.165, 1.54) is 22.9 Å². The minimum absolute atomic E-state index is 0.0504. The first-order valence-corrected chi connectivity index (χ1v) is 14.0. The summed E-state index contributed by atoms with van der Waals surface area (Å²) in [6, 6.07) is 2.83. The number of piperazine rings is 1. The summed E-state index contributed by atoms with van der Waals surface area (Å²) in [4.78, 5) is 25.4. The fourth-order valence-electron chi connectivity index (χ4n) is 4.10. The number of phenolic OH excluding ortho intramolecular Hbond substituents is 1. The molecule has 11 heteroatoms. The molecule has 0 saturated carbocycles. The normalized spacial score (nSPS) is 18.2. The van der Waals surface area contributed by atoms with Gasteiger partial charge in [0.15, 0.2) is 11.5 Å². The topological polar surface area (TPSA) is 116 Å². The fourth-order valence-corrected chi connectivity index (χ4v) is 6.17. The number of ether oxygens (including phenoxy) is 1. The van der Waals surface area contributed by atoms with Gasteiger partial charge in [-0.2, -0.15) is 4.31 Å². The number of benzene rings is 1. The van der Waals surface area contributed by atoms with E-state index in [0.717, 1.165) is 19.4 Å². The molecule has 0 aliphatic carbocycles. The maximum Gasteiger partial charge on any atom is 0.272 e. The smallest absolute Gasteiger partial charge is 0.272 e. The highest BCUT2D eigenvalue weighted by molar-refractivity contribution is 7.89. The molecule has 1 atom stereocenters. The molecule has 2 fully saturated rings. The van der Waals surface area contributed by atoms with Gasteiger partial charge in [-0.15, -0.1) is 0 Å². The molecule has 9 nitrogen and oxygen atoms in total. The van der Waals surface area contributed by atoms with Gasteiger partial charge >= 0.3 is 0 Å². The van der Waals surface area contributed by atoms with E-state index in [4.69, 9.17) is 16.3 Å². The summed E-state index contributed by atoms with van der Waals surface area (Å²) < 4.78 is 33.1. The number of halogens is 1. The number of fused-ring (bicyclic) bond motifs is 1. The zero-order chi connectivity index (χ0) is 26.3. The van der Waals surface area contributed by atoms with Crippen molar-refractivity contribution in [2.24, 2.45) is 0 Å². The number of sulfonamides is 1. The quantitative estimate of drug-likeness (QED) is 0.430. The van der Waals surface area contributed by atoms with Crippen molar-refractivity contribution in [3.63, 3.8) is 0 Å². The second kappa shape index (κ2) is 12.7. The van der Waals surface area contributed by atoms with Gasteiger partial charge in [-0.05, 0) is 38.4 Å². The van der Waals surface area contributed by atoms with Gasteiger partial charge in [0.25, 0.3) is 10.9 Å². The standard InChI is InChI=1S/C19H22ClN3O6S.C3H8.C2H6/c1-2-29-18-14(16(25)17(18)26)21-13-6-5-12(20)19(15(13)24)30(27,28)23-9-8-22-7-3-4-11(22)10-23;1-3-2;1-2/h5-6,11,21,24H,2-4,7-10H2,1H3;3H2,1-2H3;1-2H3. The van der Waals surface area contributed by atoms with Crippen LogP contribution in [0.2, 0.25) is 5.02 Å². The first-order valence-electron chi connectivity index (χ1n) is 12.2. The summed E-state index contributed by atoms with van der Waals surface area (Å²) in [6.45, 7) is 12.3. The number of aromatic hydroxyl groups is 1. The van der Waals surface area contributed by atoms with Gasteiger partial charge in [0.1, 0.15) is 10.6 Å². The highest BCUT2D eigenvalue weighted by Crippen LogP contribution is 2.41. The maximum atomic E-state index is 13.3. The molecule has 2 aliphatic heterocycles. The van der Waals surface area contributed by atoms with Crippen LogP contribution in [-0.4, -0.2) is 61.6 Å². The summed E-state index contributed by atoms with van der Waals surface area (Å²) in [5, 5.41) is 13.2. The average Bonchev–Trinajstić information content (AvgIpc) is 3.32. The van der Waals surface area contributed by atoms with Gasteiger partial charge in [0.2, 0.25) is 10.0 Å². The average molecular weight is 530 g/mol. The number of phenols is 1. The van der Waals surface area contributed by atoms with Crippen LogP contribution in [0, 0.1) is 0 Å². The van der Waals surface area contributed by atoms with Crippen LogP contribution in [-0.2, 0) is 10.0 Å².